The lowest BCUT2D eigenvalue weighted by Gasteiger charge is -2.27. The Bertz CT molecular complexity index is 562. The van der Waals surface area contributed by atoms with Crippen molar-refractivity contribution in [1.82, 2.24) is 0 Å². The monoisotopic (exact) mass is 245 g/mol. The van der Waals surface area contributed by atoms with Gasteiger partial charge in [0.05, 0.1) is 5.69 Å². The molecular formula is C12H11N3O3. The van der Waals surface area contributed by atoms with Gasteiger partial charge in [-0.05, 0) is 18.2 Å². The molecule has 1 aliphatic rings. The second-order valence-corrected chi connectivity index (χ2v) is 3.87. The molecule has 6 heteroatoms. The molecule has 6 nitrogen and oxygen atoms in total. The number of likely N-dealkylation sites (N-methyl/N-ethyl adjacent to an activating group) is 1. The van der Waals surface area contributed by atoms with E-state index < -0.39 is 5.91 Å². The van der Waals surface area contributed by atoms with Gasteiger partial charge in [-0.15, -0.1) is 0 Å². The minimum atomic E-state index is -0.666. The lowest BCUT2D eigenvalue weighted by Crippen LogP contribution is -2.35. The number of nitrogens with zero attached hydrogens (tertiary/aromatic N) is 3. The van der Waals surface area contributed by atoms with Gasteiger partial charge >= 0.3 is 5.91 Å². The van der Waals surface area contributed by atoms with E-state index >= 15 is 0 Å². The van der Waals surface area contributed by atoms with Crippen LogP contribution in [0.4, 0.5) is 11.4 Å². The molecule has 0 fully saturated rings. The van der Waals surface area contributed by atoms with Crippen molar-refractivity contribution in [2.24, 2.45) is 0 Å². The van der Waals surface area contributed by atoms with Crippen LogP contribution in [-0.2, 0) is 9.59 Å². The summed E-state index contributed by atoms with van der Waals surface area (Å²) in [6, 6.07) is 6.52. The molecule has 0 aliphatic carbocycles. The van der Waals surface area contributed by atoms with Crippen molar-refractivity contribution in [2.75, 3.05) is 30.5 Å². The first-order valence-corrected chi connectivity index (χ1v) is 5.26. The number of benzene rings is 1. The van der Waals surface area contributed by atoms with Crippen molar-refractivity contribution >= 4 is 23.2 Å². The third kappa shape index (κ3) is 1.86. The molecule has 0 N–H and O–H groups in total. The molecule has 92 valence electrons. The van der Waals surface area contributed by atoms with Crippen molar-refractivity contribution in [3.05, 3.63) is 18.2 Å². The third-order valence-electron chi connectivity index (χ3n) is 2.82. The maximum absolute atomic E-state index is 11.5. The Morgan fingerprint density at radius 1 is 1.56 bits per heavy atom. The third-order valence-corrected chi connectivity index (χ3v) is 2.82. The Balaban J connectivity index is 2.41. The van der Waals surface area contributed by atoms with E-state index in [1.807, 2.05) is 0 Å². The van der Waals surface area contributed by atoms with Crippen molar-refractivity contribution < 1.29 is 14.3 Å². The molecule has 18 heavy (non-hydrogen) atoms. The molecule has 0 spiro atoms. The van der Waals surface area contributed by atoms with E-state index in [2.05, 4.69) is 0 Å². The van der Waals surface area contributed by atoms with Crippen LogP contribution < -0.4 is 14.5 Å². The Labute approximate surface area is 104 Å². The zero-order valence-electron chi connectivity index (χ0n) is 10.0. The van der Waals surface area contributed by atoms with Crippen LogP contribution in [0.5, 0.6) is 5.75 Å². The quantitative estimate of drug-likeness (QED) is 0.676. The van der Waals surface area contributed by atoms with E-state index in [4.69, 9.17) is 10.00 Å². The highest BCUT2D eigenvalue weighted by molar-refractivity contribution is 6.05. The molecule has 2 amide bonds. The molecule has 0 atom stereocenters. The van der Waals surface area contributed by atoms with Crippen LogP contribution in [0.2, 0.25) is 0 Å². The van der Waals surface area contributed by atoms with Gasteiger partial charge in [-0.3, -0.25) is 9.59 Å². The predicted molar refractivity (Wildman–Crippen MR) is 64.4 cm³/mol. The maximum atomic E-state index is 11.5. The number of carbonyl (C=O) groups excluding carboxylic acids is 2. The van der Waals surface area contributed by atoms with Crippen LogP contribution in [0.15, 0.2) is 18.2 Å². The van der Waals surface area contributed by atoms with Gasteiger partial charge < -0.3 is 14.5 Å². The molecule has 1 aliphatic heterocycles. The molecule has 1 aromatic rings. The smallest absolute Gasteiger partial charge is 0.329 e. The Morgan fingerprint density at radius 2 is 2.28 bits per heavy atom. The van der Waals surface area contributed by atoms with E-state index in [1.165, 1.54) is 22.9 Å². The van der Waals surface area contributed by atoms with Crippen LogP contribution in [-0.4, -0.2) is 32.5 Å². The average Bonchev–Trinajstić information content (AvgIpc) is 2.41. The molecule has 0 radical (unpaired) electrons. The molecule has 0 bridgehead atoms. The largest absolute Gasteiger partial charge is 0.482 e. The van der Waals surface area contributed by atoms with E-state index in [-0.39, 0.29) is 12.5 Å². The number of carbonyl (C=O) groups is 2. The van der Waals surface area contributed by atoms with Gasteiger partial charge in [0.2, 0.25) is 0 Å². The molecule has 1 aromatic carbocycles. The second-order valence-electron chi connectivity index (χ2n) is 3.87. The number of nitriles is 1. The topological polar surface area (TPSA) is 73.6 Å². The van der Waals surface area contributed by atoms with Gasteiger partial charge in [0.1, 0.15) is 5.75 Å². The number of hydrogen-bond donors (Lipinski definition) is 0. The van der Waals surface area contributed by atoms with Crippen LogP contribution in [0, 0.1) is 11.3 Å². The minimum absolute atomic E-state index is 0.00973. The van der Waals surface area contributed by atoms with Crippen molar-refractivity contribution in [2.45, 2.75) is 0 Å². The fraction of sp³-hybridized carbons (Fsp3) is 0.250. The van der Waals surface area contributed by atoms with Gasteiger partial charge in [-0.1, -0.05) is 0 Å². The van der Waals surface area contributed by atoms with Crippen molar-refractivity contribution in [3.63, 3.8) is 0 Å². The van der Waals surface area contributed by atoms with Crippen molar-refractivity contribution in [3.8, 4) is 11.8 Å². The molecule has 2 rings (SSSR count). The first-order valence-electron chi connectivity index (χ1n) is 5.26. The molecule has 0 aromatic heterocycles. The average molecular weight is 245 g/mol. The standard InChI is InChI=1S/C12H11N3O3/c1-14(11(16)6-13)8-3-4-10-9(5-8)15(2)12(17)7-18-10/h3-5H,7H2,1-2H3. The summed E-state index contributed by atoms with van der Waals surface area (Å²) in [5.41, 5.74) is 1.12. The number of hydrogen-bond acceptors (Lipinski definition) is 4. The van der Waals surface area contributed by atoms with Gasteiger partial charge in [0.15, 0.2) is 12.7 Å². The normalized spacial score (nSPS) is 13.4. The van der Waals surface area contributed by atoms with Gasteiger partial charge in [-0.25, -0.2) is 0 Å². The highest BCUT2D eigenvalue weighted by Crippen LogP contribution is 2.34. The summed E-state index contributed by atoms with van der Waals surface area (Å²) in [5.74, 6) is -0.242. The van der Waals surface area contributed by atoms with E-state index in [9.17, 15) is 9.59 Å². The molecule has 0 saturated heterocycles. The summed E-state index contributed by atoms with van der Waals surface area (Å²) in [7, 11) is 3.14. The van der Waals surface area contributed by atoms with Crippen LogP contribution >= 0.6 is 0 Å². The Kier molecular flexibility index (Phi) is 2.90. The molecule has 0 unspecified atom stereocenters. The first-order chi connectivity index (χ1) is 8.54. The molecular weight excluding hydrogens is 234 g/mol. The molecule has 1 heterocycles. The van der Waals surface area contributed by atoms with Gasteiger partial charge in [-0.2, -0.15) is 5.26 Å². The summed E-state index contributed by atoms with van der Waals surface area (Å²) >= 11 is 0. The van der Waals surface area contributed by atoms with Crippen LogP contribution in [0.1, 0.15) is 0 Å². The summed E-state index contributed by atoms with van der Waals surface area (Å²) in [5, 5.41) is 8.57. The minimum Gasteiger partial charge on any atom is -0.482 e. The predicted octanol–water partition coefficient (Wildman–Crippen LogP) is 0.528. The highest BCUT2D eigenvalue weighted by Gasteiger charge is 2.23. The second kappa shape index (κ2) is 4.37. The van der Waals surface area contributed by atoms with Gasteiger partial charge in [0, 0.05) is 19.8 Å². The fourth-order valence-electron chi connectivity index (χ4n) is 1.66. The summed E-state index contributed by atoms with van der Waals surface area (Å²) in [4.78, 5) is 25.5. The first kappa shape index (κ1) is 11.9. The van der Waals surface area contributed by atoms with E-state index in [0.29, 0.717) is 17.1 Å². The maximum Gasteiger partial charge on any atom is 0.329 e. The zero-order chi connectivity index (χ0) is 13.3. The van der Waals surface area contributed by atoms with Crippen LogP contribution in [0.3, 0.4) is 0 Å². The van der Waals surface area contributed by atoms with Gasteiger partial charge in [0.25, 0.3) is 5.91 Å². The van der Waals surface area contributed by atoms with E-state index in [1.54, 1.807) is 25.2 Å². The number of ether oxygens (including phenoxy) is 1. The summed E-state index contributed by atoms with van der Waals surface area (Å²) < 4.78 is 5.27. The van der Waals surface area contributed by atoms with E-state index in [0.717, 1.165) is 0 Å². The lowest BCUT2D eigenvalue weighted by atomic mass is 10.2. The lowest BCUT2D eigenvalue weighted by molar-refractivity contribution is -0.121. The SMILES string of the molecule is CN(C(=O)C#N)c1ccc2c(c1)N(C)C(=O)CO2. The Hall–Kier alpha value is -2.55. The molecule has 0 saturated carbocycles. The highest BCUT2D eigenvalue weighted by atomic mass is 16.5. The summed E-state index contributed by atoms with van der Waals surface area (Å²) in [6.07, 6.45) is 0. The number of amides is 2. The summed E-state index contributed by atoms with van der Waals surface area (Å²) in [6.45, 7) is 0.00973. The zero-order valence-corrected chi connectivity index (χ0v) is 10.0. The number of rotatable bonds is 1. The Morgan fingerprint density at radius 3 is 2.94 bits per heavy atom. The van der Waals surface area contributed by atoms with Crippen molar-refractivity contribution in [1.29, 1.82) is 5.26 Å². The number of anilines is 2. The fourth-order valence-corrected chi connectivity index (χ4v) is 1.66. The van der Waals surface area contributed by atoms with Crippen LogP contribution in [0.25, 0.3) is 0 Å². The number of fused-ring (bicyclic) bond motifs is 1.